The summed E-state index contributed by atoms with van der Waals surface area (Å²) >= 11 is 0. The molecule has 3 heterocycles. The molecular formula is C20H12F6N4O2. The first kappa shape index (κ1) is 21.4. The quantitative estimate of drug-likeness (QED) is 0.426. The Hall–Kier alpha value is -3.83. The number of rotatable bonds is 4. The molecule has 0 radical (unpaired) electrons. The van der Waals surface area contributed by atoms with Crippen LogP contribution in [0.2, 0.25) is 0 Å². The Morgan fingerprint density at radius 3 is 2.22 bits per heavy atom. The van der Waals surface area contributed by atoms with Gasteiger partial charge in [-0.1, -0.05) is 12.1 Å². The van der Waals surface area contributed by atoms with E-state index in [4.69, 9.17) is 0 Å². The molecule has 0 fully saturated rings. The van der Waals surface area contributed by atoms with Crippen LogP contribution in [0.3, 0.4) is 0 Å². The minimum absolute atomic E-state index is 0.0134. The molecule has 0 aliphatic rings. The molecule has 0 saturated carbocycles. The van der Waals surface area contributed by atoms with Crippen molar-refractivity contribution in [2.45, 2.75) is 19.1 Å². The molecule has 0 aliphatic carbocycles. The van der Waals surface area contributed by atoms with E-state index in [9.17, 15) is 31.1 Å². The van der Waals surface area contributed by atoms with Gasteiger partial charge in [0.25, 0.3) is 0 Å². The molecule has 3 aromatic heterocycles. The molecule has 6 nitrogen and oxygen atoms in total. The summed E-state index contributed by atoms with van der Waals surface area (Å²) in [7, 11) is 0. The monoisotopic (exact) mass is 454 g/mol. The molecule has 4 rings (SSSR count). The van der Waals surface area contributed by atoms with E-state index in [1.165, 1.54) is 34.7 Å². The van der Waals surface area contributed by atoms with E-state index in [-0.39, 0.29) is 17.9 Å². The van der Waals surface area contributed by atoms with E-state index >= 15 is 0 Å². The molecule has 0 bridgehead atoms. The first-order valence-electron chi connectivity index (χ1n) is 8.99. The van der Waals surface area contributed by atoms with Gasteiger partial charge in [0.1, 0.15) is 11.4 Å². The lowest BCUT2D eigenvalue weighted by atomic mass is 10.1. The Morgan fingerprint density at radius 1 is 0.875 bits per heavy atom. The third-order valence-electron chi connectivity index (χ3n) is 4.40. The predicted octanol–water partition coefficient (Wildman–Crippen LogP) is 4.52. The molecule has 4 aromatic rings. The van der Waals surface area contributed by atoms with Crippen molar-refractivity contribution in [2.75, 3.05) is 0 Å². The summed E-state index contributed by atoms with van der Waals surface area (Å²) in [5.41, 5.74) is -0.812. The first-order valence-corrected chi connectivity index (χ1v) is 8.99. The lowest BCUT2D eigenvalue weighted by molar-refractivity contribution is -0.274. The zero-order valence-electron chi connectivity index (χ0n) is 15.9. The lowest BCUT2D eigenvalue weighted by Gasteiger charge is -2.09. The molecule has 166 valence electrons. The van der Waals surface area contributed by atoms with Crippen molar-refractivity contribution >= 4 is 5.65 Å². The van der Waals surface area contributed by atoms with Crippen LogP contribution in [0.25, 0.3) is 16.9 Å². The smallest absolute Gasteiger partial charge is 0.406 e. The topological polar surface area (TPSA) is 61.4 Å². The average molecular weight is 454 g/mol. The summed E-state index contributed by atoms with van der Waals surface area (Å²) in [5, 5.41) is 4.12. The number of ether oxygens (including phenoxy) is 1. The van der Waals surface area contributed by atoms with E-state index in [2.05, 4.69) is 14.8 Å². The molecule has 0 amide bonds. The molecule has 12 heteroatoms. The maximum absolute atomic E-state index is 12.9. The molecule has 0 aliphatic heterocycles. The van der Waals surface area contributed by atoms with E-state index in [1.54, 1.807) is 12.1 Å². The molecule has 0 saturated heterocycles. The molecule has 0 atom stereocenters. The fourth-order valence-electron chi connectivity index (χ4n) is 3.09. The highest BCUT2D eigenvalue weighted by atomic mass is 19.4. The van der Waals surface area contributed by atoms with Crippen molar-refractivity contribution in [3.63, 3.8) is 0 Å². The lowest BCUT2D eigenvalue weighted by Crippen LogP contribution is -2.23. The van der Waals surface area contributed by atoms with Gasteiger partial charge in [-0.25, -0.2) is 18.9 Å². The van der Waals surface area contributed by atoms with Gasteiger partial charge in [-0.05, 0) is 54.1 Å². The summed E-state index contributed by atoms with van der Waals surface area (Å²) in [5.74, 6) is -0.424. The minimum atomic E-state index is -4.84. The second kappa shape index (κ2) is 7.70. The Kier molecular flexibility index (Phi) is 5.15. The van der Waals surface area contributed by atoms with Gasteiger partial charge in [-0.3, -0.25) is 0 Å². The Morgan fingerprint density at radius 2 is 1.56 bits per heavy atom. The van der Waals surface area contributed by atoms with E-state index < -0.39 is 29.7 Å². The second-order valence-corrected chi connectivity index (χ2v) is 6.63. The molecule has 32 heavy (non-hydrogen) atoms. The number of halogens is 6. The standard InChI is InChI=1S/C20H12F6N4O2/c21-19(22,23)16-5-1-3-13(27-16)11-29-18(31)30-15(4-2-6-17(30)28-29)12-7-9-14(10-8-12)32-20(24,25)26/h1-10H,11H2. The van der Waals surface area contributed by atoms with Gasteiger partial charge in [0, 0.05) is 0 Å². The van der Waals surface area contributed by atoms with E-state index in [0.717, 1.165) is 22.9 Å². The molecule has 0 spiro atoms. The highest BCUT2D eigenvalue weighted by Gasteiger charge is 2.32. The zero-order chi connectivity index (χ0) is 23.1. The van der Waals surface area contributed by atoms with E-state index in [0.29, 0.717) is 11.3 Å². The summed E-state index contributed by atoms with van der Waals surface area (Å²) in [6.45, 7) is -0.303. The maximum atomic E-state index is 12.9. The largest absolute Gasteiger partial charge is 0.573 e. The third-order valence-corrected chi connectivity index (χ3v) is 4.40. The fourth-order valence-corrected chi connectivity index (χ4v) is 3.09. The third kappa shape index (κ3) is 4.43. The summed E-state index contributed by atoms with van der Waals surface area (Å²) in [6, 6.07) is 12.9. The number of nitrogens with zero attached hydrogens (tertiary/aromatic N) is 4. The van der Waals surface area contributed by atoms with Gasteiger partial charge in [0.15, 0.2) is 5.65 Å². The van der Waals surface area contributed by atoms with Crippen molar-refractivity contribution in [2.24, 2.45) is 0 Å². The highest BCUT2D eigenvalue weighted by molar-refractivity contribution is 5.64. The van der Waals surface area contributed by atoms with Crippen molar-refractivity contribution < 1.29 is 31.1 Å². The van der Waals surface area contributed by atoms with Crippen LogP contribution < -0.4 is 10.4 Å². The van der Waals surface area contributed by atoms with Gasteiger partial charge in [-0.15, -0.1) is 18.3 Å². The predicted molar refractivity (Wildman–Crippen MR) is 99.9 cm³/mol. The normalized spacial score (nSPS) is 12.3. The maximum Gasteiger partial charge on any atom is 0.573 e. The number of pyridine rings is 2. The Labute approximate surface area is 175 Å². The Bertz CT molecular complexity index is 1320. The minimum Gasteiger partial charge on any atom is -0.406 e. The second-order valence-electron chi connectivity index (χ2n) is 6.63. The zero-order valence-corrected chi connectivity index (χ0v) is 15.9. The Balaban J connectivity index is 1.70. The summed E-state index contributed by atoms with van der Waals surface area (Å²) in [4.78, 5) is 16.4. The van der Waals surface area contributed by atoms with Crippen LogP contribution in [-0.2, 0) is 12.7 Å². The van der Waals surface area contributed by atoms with Crippen LogP contribution in [0, 0.1) is 0 Å². The number of hydrogen-bond acceptors (Lipinski definition) is 4. The molecule has 1 aromatic carbocycles. The van der Waals surface area contributed by atoms with Crippen molar-refractivity contribution in [1.29, 1.82) is 0 Å². The molecule has 0 N–H and O–H groups in total. The van der Waals surface area contributed by atoms with Crippen LogP contribution in [0.15, 0.2) is 65.5 Å². The average Bonchev–Trinajstić information content (AvgIpc) is 3.03. The number of hydrogen-bond donors (Lipinski definition) is 0. The number of benzene rings is 1. The number of aromatic nitrogens is 4. The van der Waals surface area contributed by atoms with Crippen molar-refractivity contribution in [1.82, 2.24) is 19.2 Å². The first-order chi connectivity index (χ1) is 15.0. The van der Waals surface area contributed by atoms with Crippen LogP contribution in [0.5, 0.6) is 5.75 Å². The summed E-state index contributed by atoms with van der Waals surface area (Å²) < 4.78 is 81.7. The molecular weight excluding hydrogens is 442 g/mol. The van der Waals surface area contributed by atoms with Gasteiger partial charge in [-0.2, -0.15) is 13.2 Å². The fraction of sp³-hybridized carbons (Fsp3) is 0.150. The van der Waals surface area contributed by atoms with Gasteiger partial charge in [0.05, 0.1) is 17.9 Å². The summed E-state index contributed by atoms with van der Waals surface area (Å²) in [6.07, 6.45) is -9.47. The van der Waals surface area contributed by atoms with Crippen LogP contribution >= 0.6 is 0 Å². The van der Waals surface area contributed by atoms with Crippen LogP contribution in [-0.4, -0.2) is 25.5 Å². The van der Waals surface area contributed by atoms with Gasteiger partial charge < -0.3 is 4.74 Å². The van der Waals surface area contributed by atoms with Crippen LogP contribution in [0.4, 0.5) is 26.3 Å². The van der Waals surface area contributed by atoms with E-state index in [1.807, 2.05) is 0 Å². The number of fused-ring (bicyclic) bond motifs is 1. The van der Waals surface area contributed by atoms with Crippen molar-refractivity contribution in [3.8, 4) is 17.0 Å². The SMILES string of the molecule is O=c1n(Cc2cccc(C(F)(F)F)n2)nc2cccc(-c3ccc(OC(F)(F)F)cc3)n12. The molecule has 0 unspecified atom stereocenters. The van der Waals surface area contributed by atoms with Crippen molar-refractivity contribution in [3.05, 3.63) is 82.5 Å². The van der Waals surface area contributed by atoms with Gasteiger partial charge >= 0.3 is 18.2 Å². The highest BCUT2D eigenvalue weighted by Crippen LogP contribution is 2.28. The number of alkyl halides is 6. The van der Waals surface area contributed by atoms with Gasteiger partial charge in [0.2, 0.25) is 0 Å². The van der Waals surface area contributed by atoms with Crippen LogP contribution in [0.1, 0.15) is 11.4 Å².